The highest BCUT2D eigenvalue weighted by atomic mass is 16.5. The lowest BCUT2D eigenvalue weighted by molar-refractivity contribution is 0.439. The maximum absolute atomic E-state index is 5.44. The van der Waals surface area contributed by atoms with E-state index in [9.17, 15) is 0 Å². The molecule has 0 bridgehead atoms. The molecular weight excluding hydrogens is 204 g/mol. The summed E-state index contributed by atoms with van der Waals surface area (Å²) in [4.78, 5) is 12.2. The van der Waals surface area contributed by atoms with Crippen LogP contribution in [0, 0.1) is 6.92 Å². The van der Waals surface area contributed by atoms with Crippen LogP contribution in [0.15, 0.2) is 30.7 Å². The predicted octanol–water partition coefficient (Wildman–Crippen LogP) is 1.43. The standard InChI is InChI=1S/C11H12N4O/c1-8-2-3-10(7-13-8)16-11-14-5-9(4-12)6-15-11/h2-3,5-7H,4,12H2,1H3. The first-order valence-electron chi connectivity index (χ1n) is 4.89. The Kier molecular flexibility index (Phi) is 3.07. The predicted molar refractivity (Wildman–Crippen MR) is 59.0 cm³/mol. The molecule has 5 heteroatoms. The maximum atomic E-state index is 5.44. The Balaban J connectivity index is 2.11. The highest BCUT2D eigenvalue weighted by molar-refractivity contribution is 5.22. The van der Waals surface area contributed by atoms with Gasteiger partial charge < -0.3 is 10.5 Å². The molecule has 5 nitrogen and oxygen atoms in total. The molecule has 0 amide bonds. The highest BCUT2D eigenvalue weighted by Gasteiger charge is 2.00. The van der Waals surface area contributed by atoms with Crippen LogP contribution in [-0.2, 0) is 6.54 Å². The maximum Gasteiger partial charge on any atom is 0.321 e. The minimum Gasteiger partial charge on any atom is -0.423 e. The number of hydrogen-bond acceptors (Lipinski definition) is 5. The molecule has 0 aliphatic rings. The lowest BCUT2D eigenvalue weighted by Gasteiger charge is -2.03. The minimum absolute atomic E-state index is 0.294. The zero-order valence-corrected chi connectivity index (χ0v) is 8.92. The molecule has 2 aromatic rings. The molecular formula is C11H12N4O. The molecule has 82 valence electrons. The quantitative estimate of drug-likeness (QED) is 0.840. The number of pyridine rings is 1. The molecule has 0 aliphatic heterocycles. The summed E-state index contributed by atoms with van der Waals surface area (Å²) in [7, 11) is 0. The van der Waals surface area contributed by atoms with Crippen molar-refractivity contribution in [1.29, 1.82) is 0 Å². The van der Waals surface area contributed by atoms with Gasteiger partial charge in [-0.3, -0.25) is 4.98 Å². The number of nitrogens with two attached hydrogens (primary N) is 1. The fraction of sp³-hybridized carbons (Fsp3) is 0.182. The normalized spacial score (nSPS) is 10.1. The lowest BCUT2D eigenvalue weighted by Crippen LogP contribution is -1.99. The number of aryl methyl sites for hydroxylation is 1. The summed E-state index contributed by atoms with van der Waals surface area (Å²) < 4.78 is 5.41. The van der Waals surface area contributed by atoms with Gasteiger partial charge in [0.05, 0.1) is 6.20 Å². The molecule has 2 N–H and O–H groups in total. The van der Waals surface area contributed by atoms with E-state index in [1.54, 1.807) is 18.6 Å². The van der Waals surface area contributed by atoms with Gasteiger partial charge in [-0.25, -0.2) is 9.97 Å². The molecule has 0 fully saturated rings. The van der Waals surface area contributed by atoms with Gasteiger partial charge in [-0.2, -0.15) is 0 Å². The Bertz CT molecular complexity index is 452. The molecule has 16 heavy (non-hydrogen) atoms. The smallest absolute Gasteiger partial charge is 0.321 e. The van der Waals surface area contributed by atoms with E-state index in [1.165, 1.54) is 0 Å². The second kappa shape index (κ2) is 4.67. The molecule has 0 spiro atoms. The highest BCUT2D eigenvalue weighted by Crippen LogP contribution is 2.15. The second-order valence-electron chi connectivity index (χ2n) is 3.32. The minimum atomic E-state index is 0.294. The lowest BCUT2D eigenvalue weighted by atomic mass is 10.3. The Morgan fingerprint density at radius 3 is 2.44 bits per heavy atom. The van der Waals surface area contributed by atoms with E-state index in [0.29, 0.717) is 18.3 Å². The van der Waals surface area contributed by atoms with Crippen LogP contribution in [0.3, 0.4) is 0 Å². The molecule has 0 aromatic carbocycles. The topological polar surface area (TPSA) is 73.9 Å². The first-order chi connectivity index (χ1) is 7.78. The molecule has 0 radical (unpaired) electrons. The number of nitrogens with zero attached hydrogens (tertiary/aromatic N) is 3. The zero-order valence-electron chi connectivity index (χ0n) is 8.92. The van der Waals surface area contributed by atoms with Crippen molar-refractivity contribution in [2.75, 3.05) is 0 Å². The number of aromatic nitrogens is 3. The molecule has 2 heterocycles. The van der Waals surface area contributed by atoms with E-state index in [4.69, 9.17) is 10.5 Å². The van der Waals surface area contributed by atoms with Gasteiger partial charge in [0.25, 0.3) is 0 Å². The summed E-state index contributed by atoms with van der Waals surface area (Å²) in [6, 6.07) is 3.98. The zero-order chi connectivity index (χ0) is 11.4. The number of ether oxygens (including phenoxy) is 1. The third-order valence-electron chi connectivity index (χ3n) is 2.01. The Hall–Kier alpha value is -2.01. The first-order valence-corrected chi connectivity index (χ1v) is 4.89. The van der Waals surface area contributed by atoms with Gasteiger partial charge in [0.1, 0.15) is 5.75 Å². The summed E-state index contributed by atoms with van der Waals surface area (Å²) >= 11 is 0. The largest absolute Gasteiger partial charge is 0.423 e. The van der Waals surface area contributed by atoms with Crippen molar-refractivity contribution in [3.05, 3.63) is 42.0 Å². The number of hydrogen-bond donors (Lipinski definition) is 1. The van der Waals surface area contributed by atoms with Gasteiger partial charge in [-0.15, -0.1) is 0 Å². The molecule has 0 unspecified atom stereocenters. The van der Waals surface area contributed by atoms with Crippen LogP contribution in [-0.4, -0.2) is 15.0 Å². The van der Waals surface area contributed by atoms with E-state index < -0.39 is 0 Å². The summed E-state index contributed by atoms with van der Waals surface area (Å²) in [5.74, 6) is 0.617. The van der Waals surface area contributed by atoms with Gasteiger partial charge in [0.2, 0.25) is 0 Å². The van der Waals surface area contributed by atoms with Crippen molar-refractivity contribution in [3.63, 3.8) is 0 Å². The average molecular weight is 216 g/mol. The van der Waals surface area contributed by atoms with Gasteiger partial charge in [-0.05, 0) is 19.1 Å². The fourth-order valence-electron chi connectivity index (χ4n) is 1.12. The Morgan fingerprint density at radius 1 is 1.12 bits per heavy atom. The van der Waals surface area contributed by atoms with Gasteiger partial charge >= 0.3 is 6.01 Å². The van der Waals surface area contributed by atoms with Crippen LogP contribution in [0.5, 0.6) is 11.8 Å². The first kappa shape index (κ1) is 10.5. The van der Waals surface area contributed by atoms with Crippen LogP contribution in [0.1, 0.15) is 11.3 Å². The summed E-state index contributed by atoms with van der Waals surface area (Å²) in [6.07, 6.45) is 4.92. The van der Waals surface area contributed by atoms with Crippen LogP contribution < -0.4 is 10.5 Å². The Labute approximate surface area is 93.3 Å². The third-order valence-corrected chi connectivity index (χ3v) is 2.01. The van der Waals surface area contributed by atoms with Crippen molar-refractivity contribution in [2.24, 2.45) is 5.73 Å². The molecule has 2 aromatic heterocycles. The van der Waals surface area contributed by atoms with E-state index >= 15 is 0 Å². The molecule has 0 aliphatic carbocycles. The van der Waals surface area contributed by atoms with E-state index in [-0.39, 0.29) is 0 Å². The summed E-state index contributed by atoms with van der Waals surface area (Å²) in [6.45, 7) is 2.34. The van der Waals surface area contributed by atoms with E-state index in [1.807, 2.05) is 19.1 Å². The van der Waals surface area contributed by atoms with E-state index in [0.717, 1.165) is 11.3 Å². The van der Waals surface area contributed by atoms with Crippen LogP contribution in [0.25, 0.3) is 0 Å². The molecule has 2 rings (SSSR count). The van der Waals surface area contributed by atoms with Gasteiger partial charge in [-0.1, -0.05) is 0 Å². The van der Waals surface area contributed by atoms with Crippen molar-refractivity contribution in [3.8, 4) is 11.8 Å². The van der Waals surface area contributed by atoms with Crippen molar-refractivity contribution in [2.45, 2.75) is 13.5 Å². The van der Waals surface area contributed by atoms with Crippen molar-refractivity contribution < 1.29 is 4.74 Å². The fourth-order valence-corrected chi connectivity index (χ4v) is 1.12. The van der Waals surface area contributed by atoms with Crippen molar-refractivity contribution in [1.82, 2.24) is 15.0 Å². The summed E-state index contributed by atoms with van der Waals surface area (Å²) in [5.41, 5.74) is 7.24. The van der Waals surface area contributed by atoms with Crippen molar-refractivity contribution >= 4 is 0 Å². The SMILES string of the molecule is Cc1ccc(Oc2ncc(CN)cn2)cn1. The molecule has 0 atom stereocenters. The average Bonchev–Trinajstić information content (AvgIpc) is 2.33. The molecule has 0 saturated heterocycles. The van der Waals surface area contributed by atoms with Gasteiger partial charge in [0.15, 0.2) is 0 Å². The number of rotatable bonds is 3. The third kappa shape index (κ3) is 2.52. The summed E-state index contributed by atoms with van der Waals surface area (Å²) in [5, 5.41) is 0. The monoisotopic (exact) mass is 216 g/mol. The van der Waals surface area contributed by atoms with Crippen LogP contribution in [0.4, 0.5) is 0 Å². The van der Waals surface area contributed by atoms with Crippen LogP contribution >= 0.6 is 0 Å². The molecule has 0 saturated carbocycles. The van der Waals surface area contributed by atoms with E-state index in [2.05, 4.69) is 15.0 Å². The van der Waals surface area contributed by atoms with Gasteiger partial charge in [0, 0.05) is 30.2 Å². The van der Waals surface area contributed by atoms with Crippen LogP contribution in [0.2, 0.25) is 0 Å². The second-order valence-corrected chi connectivity index (χ2v) is 3.32. The Morgan fingerprint density at radius 2 is 1.88 bits per heavy atom.